The van der Waals surface area contributed by atoms with Crippen molar-refractivity contribution in [3.05, 3.63) is 50.8 Å². The zero-order valence-corrected chi connectivity index (χ0v) is 11.2. The van der Waals surface area contributed by atoms with Gasteiger partial charge in [-0.1, -0.05) is 23.7 Å². The van der Waals surface area contributed by atoms with Crippen molar-refractivity contribution in [2.75, 3.05) is 5.32 Å². The third-order valence-corrected chi connectivity index (χ3v) is 2.79. The van der Waals surface area contributed by atoms with Gasteiger partial charge in [-0.05, 0) is 40.3 Å². The summed E-state index contributed by atoms with van der Waals surface area (Å²) in [5, 5.41) is 3.88. The Balaban J connectivity index is 1.97. The molecule has 0 saturated heterocycles. The molecular formula is C11H9ClIN3. The topological polar surface area (TPSA) is 37.8 Å². The molecule has 0 amide bonds. The predicted octanol–water partition coefficient (Wildman–Crippen LogP) is 3.35. The maximum absolute atomic E-state index is 5.80. The Hall–Kier alpha value is -0.880. The van der Waals surface area contributed by atoms with Gasteiger partial charge in [-0.25, -0.2) is 9.97 Å². The van der Waals surface area contributed by atoms with Gasteiger partial charge in [0.05, 0.1) is 0 Å². The van der Waals surface area contributed by atoms with Gasteiger partial charge >= 0.3 is 0 Å². The number of anilines is 1. The van der Waals surface area contributed by atoms with Crippen molar-refractivity contribution in [3.8, 4) is 0 Å². The van der Waals surface area contributed by atoms with Gasteiger partial charge in [0.1, 0.15) is 0 Å². The van der Waals surface area contributed by atoms with Crippen molar-refractivity contribution in [2.45, 2.75) is 6.54 Å². The number of rotatable bonds is 3. The first-order valence-electron chi connectivity index (χ1n) is 4.70. The molecule has 0 atom stereocenters. The van der Waals surface area contributed by atoms with Crippen LogP contribution in [0.25, 0.3) is 0 Å². The molecule has 16 heavy (non-hydrogen) atoms. The molecule has 1 aromatic carbocycles. The zero-order valence-electron chi connectivity index (χ0n) is 8.32. The second kappa shape index (κ2) is 5.45. The van der Waals surface area contributed by atoms with Gasteiger partial charge in [-0.2, -0.15) is 0 Å². The molecule has 0 radical (unpaired) electrons. The minimum atomic E-state index is 0.635. The lowest BCUT2D eigenvalue weighted by atomic mass is 10.2. The van der Waals surface area contributed by atoms with Gasteiger partial charge in [0.15, 0.2) is 0 Å². The van der Waals surface area contributed by atoms with Crippen molar-refractivity contribution < 1.29 is 0 Å². The predicted molar refractivity (Wildman–Crippen MR) is 73.5 cm³/mol. The summed E-state index contributed by atoms with van der Waals surface area (Å²) >= 11 is 7.97. The largest absolute Gasteiger partial charge is 0.350 e. The quantitative estimate of drug-likeness (QED) is 0.867. The maximum atomic E-state index is 5.80. The van der Waals surface area contributed by atoms with Gasteiger partial charge in [0.2, 0.25) is 5.95 Å². The highest BCUT2D eigenvalue weighted by atomic mass is 127. The molecule has 82 valence electrons. The average molecular weight is 346 g/mol. The van der Waals surface area contributed by atoms with Crippen LogP contribution >= 0.6 is 34.2 Å². The van der Waals surface area contributed by atoms with Crippen molar-refractivity contribution in [1.29, 1.82) is 0 Å². The number of aromatic nitrogens is 2. The van der Waals surface area contributed by atoms with Crippen LogP contribution in [0.4, 0.5) is 5.95 Å². The summed E-state index contributed by atoms with van der Waals surface area (Å²) in [6.07, 6.45) is 3.55. The van der Waals surface area contributed by atoms with Gasteiger partial charge in [-0.3, -0.25) is 0 Å². The van der Waals surface area contributed by atoms with Crippen LogP contribution in [0.15, 0.2) is 36.7 Å². The summed E-state index contributed by atoms with van der Waals surface area (Å²) in [6.45, 7) is 0.692. The van der Waals surface area contributed by atoms with E-state index in [-0.39, 0.29) is 0 Å². The maximum Gasteiger partial charge on any atom is 0.222 e. The molecule has 0 bridgehead atoms. The van der Waals surface area contributed by atoms with Crippen molar-refractivity contribution in [2.24, 2.45) is 0 Å². The average Bonchev–Trinajstić information content (AvgIpc) is 2.30. The monoisotopic (exact) mass is 345 g/mol. The lowest BCUT2D eigenvalue weighted by Crippen LogP contribution is -2.03. The molecule has 0 fully saturated rings. The first-order chi connectivity index (χ1) is 7.74. The number of halogens is 2. The fourth-order valence-electron chi connectivity index (χ4n) is 1.19. The fourth-order valence-corrected chi connectivity index (χ4v) is 1.59. The van der Waals surface area contributed by atoms with Crippen LogP contribution in [0.1, 0.15) is 5.56 Å². The second-order valence-corrected chi connectivity index (χ2v) is 4.89. The van der Waals surface area contributed by atoms with E-state index in [2.05, 4.69) is 37.9 Å². The SMILES string of the molecule is Clc1ccc(CNc2ncc(I)cn2)cc1. The van der Waals surface area contributed by atoms with E-state index >= 15 is 0 Å². The summed E-state index contributed by atoms with van der Waals surface area (Å²) in [4.78, 5) is 8.31. The third kappa shape index (κ3) is 3.31. The van der Waals surface area contributed by atoms with E-state index in [0.29, 0.717) is 12.5 Å². The number of benzene rings is 1. The Labute approximate surface area is 112 Å². The van der Waals surface area contributed by atoms with Crippen LogP contribution in [0.3, 0.4) is 0 Å². The molecule has 5 heteroatoms. The van der Waals surface area contributed by atoms with Gasteiger partial charge in [0, 0.05) is 27.5 Å². The summed E-state index contributed by atoms with van der Waals surface area (Å²) < 4.78 is 1.02. The number of hydrogen-bond acceptors (Lipinski definition) is 3. The van der Waals surface area contributed by atoms with Crippen molar-refractivity contribution in [3.63, 3.8) is 0 Å². The molecule has 1 N–H and O–H groups in total. The Kier molecular flexibility index (Phi) is 3.95. The van der Waals surface area contributed by atoms with E-state index in [0.717, 1.165) is 14.2 Å². The number of nitrogens with zero attached hydrogens (tertiary/aromatic N) is 2. The van der Waals surface area contributed by atoms with Crippen molar-refractivity contribution >= 4 is 40.1 Å². The summed E-state index contributed by atoms with van der Waals surface area (Å²) in [5.41, 5.74) is 1.14. The van der Waals surface area contributed by atoms with Crippen LogP contribution in [-0.2, 0) is 6.54 Å². The Bertz CT molecular complexity index is 410. The first-order valence-corrected chi connectivity index (χ1v) is 6.15. The molecule has 0 unspecified atom stereocenters. The Morgan fingerprint density at radius 1 is 1.12 bits per heavy atom. The van der Waals surface area contributed by atoms with E-state index in [1.165, 1.54) is 0 Å². The molecular weight excluding hydrogens is 336 g/mol. The normalized spacial score (nSPS) is 10.1. The molecule has 3 nitrogen and oxygen atoms in total. The zero-order chi connectivity index (χ0) is 11.4. The molecule has 1 heterocycles. The van der Waals surface area contributed by atoms with E-state index in [1.807, 2.05) is 24.3 Å². The van der Waals surface area contributed by atoms with Crippen LogP contribution in [-0.4, -0.2) is 9.97 Å². The lowest BCUT2D eigenvalue weighted by molar-refractivity contribution is 1.05. The van der Waals surface area contributed by atoms with Crippen LogP contribution < -0.4 is 5.32 Å². The Morgan fingerprint density at radius 3 is 2.38 bits per heavy atom. The summed E-state index contributed by atoms with van der Waals surface area (Å²) in [5.74, 6) is 0.635. The highest BCUT2D eigenvalue weighted by Crippen LogP contribution is 2.10. The standard InChI is InChI=1S/C11H9ClIN3/c12-9-3-1-8(2-4-9)5-14-11-15-6-10(13)7-16-11/h1-4,6-7H,5H2,(H,14,15,16). The number of nitrogens with one attached hydrogen (secondary N) is 1. The van der Waals surface area contributed by atoms with Crippen LogP contribution in [0.2, 0.25) is 5.02 Å². The molecule has 0 aliphatic carbocycles. The molecule has 1 aromatic heterocycles. The highest BCUT2D eigenvalue weighted by Gasteiger charge is 1.96. The minimum Gasteiger partial charge on any atom is -0.350 e. The van der Waals surface area contributed by atoms with E-state index in [4.69, 9.17) is 11.6 Å². The summed E-state index contributed by atoms with van der Waals surface area (Å²) in [6, 6.07) is 7.69. The lowest BCUT2D eigenvalue weighted by Gasteiger charge is -2.04. The van der Waals surface area contributed by atoms with E-state index in [1.54, 1.807) is 12.4 Å². The van der Waals surface area contributed by atoms with Gasteiger partial charge in [0.25, 0.3) is 0 Å². The van der Waals surface area contributed by atoms with Gasteiger partial charge < -0.3 is 5.32 Å². The third-order valence-electron chi connectivity index (χ3n) is 1.98. The highest BCUT2D eigenvalue weighted by molar-refractivity contribution is 14.1. The van der Waals surface area contributed by atoms with E-state index < -0.39 is 0 Å². The molecule has 2 rings (SSSR count). The number of hydrogen-bond donors (Lipinski definition) is 1. The first kappa shape index (κ1) is 11.6. The minimum absolute atomic E-state index is 0.635. The Morgan fingerprint density at radius 2 is 1.75 bits per heavy atom. The second-order valence-electron chi connectivity index (χ2n) is 3.20. The van der Waals surface area contributed by atoms with Crippen LogP contribution in [0, 0.1) is 3.57 Å². The van der Waals surface area contributed by atoms with Gasteiger partial charge in [-0.15, -0.1) is 0 Å². The smallest absolute Gasteiger partial charge is 0.222 e. The molecule has 0 aliphatic heterocycles. The van der Waals surface area contributed by atoms with Crippen molar-refractivity contribution in [1.82, 2.24) is 9.97 Å². The van der Waals surface area contributed by atoms with E-state index in [9.17, 15) is 0 Å². The summed E-state index contributed by atoms with van der Waals surface area (Å²) in [7, 11) is 0. The molecule has 0 saturated carbocycles. The molecule has 0 aliphatic rings. The van der Waals surface area contributed by atoms with Crippen LogP contribution in [0.5, 0.6) is 0 Å². The molecule has 2 aromatic rings. The fraction of sp³-hybridized carbons (Fsp3) is 0.0909. The molecule has 0 spiro atoms.